The average Bonchev–Trinajstić information content (AvgIpc) is 2.86. The second-order valence-electron chi connectivity index (χ2n) is 4.39. The summed E-state index contributed by atoms with van der Waals surface area (Å²) >= 11 is 0. The predicted octanol–water partition coefficient (Wildman–Crippen LogP) is 0.711. The molecule has 0 aliphatic heterocycles. The van der Waals surface area contributed by atoms with Gasteiger partial charge < -0.3 is 5.32 Å². The minimum atomic E-state index is -0.386. The normalized spacial score (nSPS) is 11.1. The van der Waals surface area contributed by atoms with Gasteiger partial charge in [-0.15, -0.1) is 0 Å². The first-order valence-corrected chi connectivity index (χ1v) is 6.36. The van der Waals surface area contributed by atoms with Gasteiger partial charge in [-0.3, -0.25) is 4.79 Å². The van der Waals surface area contributed by atoms with Gasteiger partial charge in [-0.2, -0.15) is 5.10 Å². The van der Waals surface area contributed by atoms with Gasteiger partial charge in [0.05, 0.1) is 11.0 Å². The Labute approximate surface area is 113 Å². The summed E-state index contributed by atoms with van der Waals surface area (Å²) in [6.07, 6.45) is 0.822. The van der Waals surface area contributed by atoms with Gasteiger partial charge in [0.15, 0.2) is 11.3 Å². The summed E-state index contributed by atoms with van der Waals surface area (Å²) in [5, 5.41) is 9.00. The third-order valence-electron chi connectivity index (χ3n) is 2.99. The molecule has 0 radical (unpaired) electrons. The van der Waals surface area contributed by atoms with E-state index in [2.05, 4.69) is 20.5 Å². The number of benzene rings is 1. The standard InChI is InChI=1S/C13H13N5O2/c1-2-7-14-12(19)10-11-16-17-13(20)18(11)9-6-4-3-5-8(9)15-10/h3-6H,2,7H2,1H3,(H,14,19)(H,17,20). The highest BCUT2D eigenvalue weighted by Gasteiger charge is 2.17. The fourth-order valence-corrected chi connectivity index (χ4v) is 2.07. The fraction of sp³-hybridized carbons (Fsp3) is 0.231. The van der Waals surface area contributed by atoms with Crippen LogP contribution in [0.4, 0.5) is 0 Å². The zero-order valence-corrected chi connectivity index (χ0v) is 10.9. The van der Waals surface area contributed by atoms with E-state index in [4.69, 9.17) is 0 Å². The number of nitrogens with one attached hydrogen (secondary N) is 2. The van der Waals surface area contributed by atoms with E-state index in [9.17, 15) is 9.59 Å². The topological polar surface area (TPSA) is 92.2 Å². The summed E-state index contributed by atoms with van der Waals surface area (Å²) < 4.78 is 1.36. The number of aromatic nitrogens is 4. The van der Waals surface area contributed by atoms with Crippen molar-refractivity contribution in [2.45, 2.75) is 13.3 Å². The van der Waals surface area contributed by atoms with Crippen LogP contribution in [-0.2, 0) is 0 Å². The summed E-state index contributed by atoms with van der Waals surface area (Å²) in [6.45, 7) is 2.51. The molecule has 2 N–H and O–H groups in total. The SMILES string of the molecule is CCCNC(=O)c1nc2ccccc2n2c(=O)[nH]nc12. The molecule has 0 saturated carbocycles. The van der Waals surface area contributed by atoms with E-state index in [0.29, 0.717) is 17.6 Å². The van der Waals surface area contributed by atoms with E-state index < -0.39 is 0 Å². The molecular weight excluding hydrogens is 258 g/mol. The summed E-state index contributed by atoms with van der Waals surface area (Å²) in [4.78, 5) is 28.3. The minimum Gasteiger partial charge on any atom is -0.351 e. The number of nitrogens with zero attached hydrogens (tertiary/aromatic N) is 3. The molecular formula is C13H13N5O2. The number of amides is 1. The number of para-hydroxylation sites is 2. The molecule has 102 valence electrons. The van der Waals surface area contributed by atoms with Crippen LogP contribution in [0.3, 0.4) is 0 Å². The molecule has 7 nitrogen and oxygen atoms in total. The molecule has 7 heteroatoms. The van der Waals surface area contributed by atoms with Crippen LogP contribution < -0.4 is 11.0 Å². The van der Waals surface area contributed by atoms with E-state index in [1.165, 1.54) is 4.40 Å². The molecule has 0 spiro atoms. The fourth-order valence-electron chi connectivity index (χ4n) is 2.07. The van der Waals surface area contributed by atoms with Crippen LogP contribution in [0.1, 0.15) is 23.8 Å². The maximum absolute atomic E-state index is 12.1. The monoisotopic (exact) mass is 271 g/mol. The molecule has 2 heterocycles. The van der Waals surface area contributed by atoms with Crippen LogP contribution >= 0.6 is 0 Å². The molecule has 0 aliphatic carbocycles. The lowest BCUT2D eigenvalue weighted by Crippen LogP contribution is -2.26. The van der Waals surface area contributed by atoms with Gasteiger partial charge >= 0.3 is 5.69 Å². The third kappa shape index (κ3) is 1.83. The van der Waals surface area contributed by atoms with Crippen molar-refractivity contribution in [2.24, 2.45) is 0 Å². The van der Waals surface area contributed by atoms with Crippen molar-refractivity contribution in [3.8, 4) is 0 Å². The van der Waals surface area contributed by atoms with Gasteiger partial charge in [0.25, 0.3) is 5.91 Å². The van der Waals surface area contributed by atoms with E-state index in [1.807, 2.05) is 6.92 Å². The van der Waals surface area contributed by atoms with Crippen LogP contribution in [0.2, 0.25) is 0 Å². The van der Waals surface area contributed by atoms with Crippen molar-refractivity contribution in [1.82, 2.24) is 24.9 Å². The Hall–Kier alpha value is -2.70. The lowest BCUT2D eigenvalue weighted by Gasteiger charge is -2.06. The van der Waals surface area contributed by atoms with Crippen molar-refractivity contribution in [1.29, 1.82) is 0 Å². The Balaban J connectivity index is 2.30. The highest BCUT2D eigenvalue weighted by molar-refractivity contribution is 6.00. The maximum atomic E-state index is 12.1. The van der Waals surface area contributed by atoms with E-state index in [1.54, 1.807) is 24.3 Å². The molecule has 3 rings (SSSR count). The zero-order valence-electron chi connectivity index (χ0n) is 10.9. The van der Waals surface area contributed by atoms with Crippen LogP contribution in [0.25, 0.3) is 16.7 Å². The summed E-state index contributed by atoms with van der Waals surface area (Å²) in [5.41, 5.74) is 1.19. The molecule has 20 heavy (non-hydrogen) atoms. The number of carbonyl (C=O) groups is 1. The Morgan fingerprint density at radius 3 is 3.00 bits per heavy atom. The molecule has 0 saturated heterocycles. The summed E-state index contributed by atoms with van der Waals surface area (Å²) in [7, 11) is 0. The smallest absolute Gasteiger partial charge is 0.348 e. The number of fused-ring (bicyclic) bond motifs is 3. The number of rotatable bonds is 3. The molecule has 2 aromatic heterocycles. The Kier molecular flexibility index (Phi) is 2.94. The minimum absolute atomic E-state index is 0.149. The Bertz CT molecular complexity index is 849. The first-order chi connectivity index (χ1) is 9.72. The van der Waals surface area contributed by atoms with Crippen molar-refractivity contribution < 1.29 is 4.79 Å². The van der Waals surface area contributed by atoms with E-state index in [0.717, 1.165) is 6.42 Å². The van der Waals surface area contributed by atoms with Crippen molar-refractivity contribution in [2.75, 3.05) is 6.54 Å². The number of carbonyl (C=O) groups excluding carboxylic acids is 1. The lowest BCUT2D eigenvalue weighted by atomic mass is 10.2. The molecule has 3 aromatic rings. The molecule has 0 fully saturated rings. The average molecular weight is 271 g/mol. The van der Waals surface area contributed by atoms with Crippen LogP contribution in [-0.4, -0.2) is 32.0 Å². The quantitative estimate of drug-likeness (QED) is 0.733. The van der Waals surface area contributed by atoms with Crippen LogP contribution in [0, 0.1) is 0 Å². The number of H-pyrrole nitrogens is 1. The second-order valence-corrected chi connectivity index (χ2v) is 4.39. The predicted molar refractivity (Wildman–Crippen MR) is 73.7 cm³/mol. The van der Waals surface area contributed by atoms with Crippen LogP contribution in [0.15, 0.2) is 29.1 Å². The van der Waals surface area contributed by atoms with Gasteiger partial charge in [-0.05, 0) is 18.6 Å². The molecule has 1 amide bonds. The van der Waals surface area contributed by atoms with Crippen LogP contribution in [0.5, 0.6) is 0 Å². The summed E-state index contributed by atoms with van der Waals surface area (Å²) in [6, 6.07) is 7.13. The Morgan fingerprint density at radius 2 is 2.20 bits per heavy atom. The molecule has 0 unspecified atom stereocenters. The number of aromatic amines is 1. The first kappa shape index (κ1) is 12.3. The van der Waals surface area contributed by atoms with E-state index in [-0.39, 0.29) is 22.9 Å². The maximum Gasteiger partial charge on any atom is 0.348 e. The van der Waals surface area contributed by atoms with Gasteiger partial charge in [0, 0.05) is 6.54 Å². The summed E-state index contributed by atoms with van der Waals surface area (Å²) in [5.74, 6) is -0.332. The molecule has 0 aliphatic rings. The second kappa shape index (κ2) is 4.76. The molecule has 0 atom stereocenters. The van der Waals surface area contributed by atoms with Crippen molar-refractivity contribution in [3.05, 3.63) is 40.4 Å². The first-order valence-electron chi connectivity index (χ1n) is 6.36. The highest BCUT2D eigenvalue weighted by atomic mass is 16.2. The van der Waals surface area contributed by atoms with Gasteiger partial charge in [-0.25, -0.2) is 19.3 Å². The largest absolute Gasteiger partial charge is 0.351 e. The number of hydrogen-bond acceptors (Lipinski definition) is 4. The lowest BCUT2D eigenvalue weighted by molar-refractivity contribution is 0.0950. The van der Waals surface area contributed by atoms with Crippen molar-refractivity contribution >= 4 is 22.6 Å². The zero-order chi connectivity index (χ0) is 14.1. The van der Waals surface area contributed by atoms with Crippen molar-refractivity contribution in [3.63, 3.8) is 0 Å². The third-order valence-corrected chi connectivity index (χ3v) is 2.99. The van der Waals surface area contributed by atoms with Gasteiger partial charge in [0.1, 0.15) is 0 Å². The van der Waals surface area contributed by atoms with Gasteiger partial charge in [0.2, 0.25) is 0 Å². The Morgan fingerprint density at radius 1 is 1.40 bits per heavy atom. The molecule has 0 bridgehead atoms. The highest BCUT2D eigenvalue weighted by Crippen LogP contribution is 2.14. The number of hydrogen-bond donors (Lipinski definition) is 2. The van der Waals surface area contributed by atoms with Gasteiger partial charge in [-0.1, -0.05) is 19.1 Å². The van der Waals surface area contributed by atoms with E-state index >= 15 is 0 Å². The molecule has 1 aromatic carbocycles.